The van der Waals surface area contributed by atoms with Crippen LogP contribution in [0.3, 0.4) is 0 Å². The zero-order chi connectivity index (χ0) is 15.1. The molecule has 0 aliphatic carbocycles. The molecule has 0 fully saturated rings. The van der Waals surface area contributed by atoms with Crippen molar-refractivity contribution in [2.75, 3.05) is 7.05 Å². The van der Waals surface area contributed by atoms with Crippen molar-refractivity contribution in [1.29, 1.82) is 0 Å². The van der Waals surface area contributed by atoms with Crippen molar-refractivity contribution in [3.05, 3.63) is 48.1 Å². The number of urea groups is 1. The van der Waals surface area contributed by atoms with E-state index < -0.39 is 11.6 Å². The van der Waals surface area contributed by atoms with Gasteiger partial charge >= 0.3 is 6.03 Å². The van der Waals surface area contributed by atoms with Crippen molar-refractivity contribution in [2.24, 2.45) is 0 Å². The van der Waals surface area contributed by atoms with Gasteiger partial charge in [0, 0.05) is 25.2 Å². The molecule has 0 bridgehead atoms. The number of carbonyl (C=O) groups is 1. The lowest BCUT2D eigenvalue weighted by atomic mass is 10.1. The fourth-order valence-electron chi connectivity index (χ4n) is 1.94. The third kappa shape index (κ3) is 4.05. The molecule has 110 valence electrons. The van der Waals surface area contributed by atoms with Gasteiger partial charge in [0.05, 0.1) is 0 Å². The largest absolute Gasteiger partial charge is 0.334 e. The number of nitrogens with zero attached hydrogens (tertiary/aromatic N) is 1. The van der Waals surface area contributed by atoms with E-state index in [2.05, 4.69) is 11.9 Å². The van der Waals surface area contributed by atoms with E-state index in [0.717, 1.165) is 12.5 Å². The van der Waals surface area contributed by atoms with Gasteiger partial charge in [0.1, 0.15) is 0 Å². The second-order valence-electron chi connectivity index (χ2n) is 4.57. The molecular formula is C15H20F2N2O. The van der Waals surface area contributed by atoms with Crippen LogP contribution in [-0.2, 0) is 6.54 Å². The summed E-state index contributed by atoms with van der Waals surface area (Å²) >= 11 is 0. The first-order valence-corrected chi connectivity index (χ1v) is 6.55. The lowest BCUT2D eigenvalue weighted by Crippen LogP contribution is -2.43. The Morgan fingerprint density at radius 3 is 2.80 bits per heavy atom. The first kappa shape index (κ1) is 16.1. The highest BCUT2D eigenvalue weighted by atomic mass is 19.2. The van der Waals surface area contributed by atoms with Crippen molar-refractivity contribution >= 4 is 6.03 Å². The van der Waals surface area contributed by atoms with Crippen LogP contribution in [0.4, 0.5) is 13.6 Å². The van der Waals surface area contributed by atoms with Crippen molar-refractivity contribution in [3.8, 4) is 0 Å². The van der Waals surface area contributed by atoms with E-state index in [1.165, 1.54) is 12.1 Å². The number of rotatable bonds is 6. The van der Waals surface area contributed by atoms with Crippen LogP contribution in [0.2, 0.25) is 0 Å². The van der Waals surface area contributed by atoms with Gasteiger partial charge < -0.3 is 10.2 Å². The molecule has 0 saturated carbocycles. The van der Waals surface area contributed by atoms with Crippen LogP contribution in [0.5, 0.6) is 0 Å². The minimum absolute atomic E-state index is 0.0444. The number of benzene rings is 1. The molecule has 1 atom stereocenters. The molecule has 1 aromatic rings. The second-order valence-corrected chi connectivity index (χ2v) is 4.57. The summed E-state index contributed by atoms with van der Waals surface area (Å²) in [6.07, 6.45) is 3.24. The number of hydrogen-bond donors (Lipinski definition) is 1. The molecule has 0 aliphatic rings. The van der Waals surface area contributed by atoms with Gasteiger partial charge in [-0.3, -0.25) is 0 Å². The van der Waals surface area contributed by atoms with Gasteiger partial charge in [-0.15, -0.1) is 6.58 Å². The third-order valence-electron chi connectivity index (χ3n) is 3.24. The maximum atomic E-state index is 13.4. The van der Waals surface area contributed by atoms with Crippen LogP contribution in [0.1, 0.15) is 25.3 Å². The molecule has 0 heterocycles. The van der Waals surface area contributed by atoms with Gasteiger partial charge in [0.2, 0.25) is 0 Å². The Morgan fingerprint density at radius 1 is 1.50 bits per heavy atom. The van der Waals surface area contributed by atoms with Gasteiger partial charge in [-0.25, -0.2) is 13.6 Å². The minimum Gasteiger partial charge on any atom is -0.334 e. The molecule has 1 rings (SSSR count). The summed E-state index contributed by atoms with van der Waals surface area (Å²) in [7, 11) is 1.68. The predicted octanol–water partition coefficient (Wildman–Crippen LogP) is 3.46. The fourth-order valence-corrected chi connectivity index (χ4v) is 1.94. The fraction of sp³-hybridized carbons (Fsp3) is 0.400. The molecule has 1 unspecified atom stereocenters. The van der Waals surface area contributed by atoms with E-state index in [4.69, 9.17) is 0 Å². The number of amides is 2. The molecule has 0 radical (unpaired) electrons. The van der Waals surface area contributed by atoms with Crippen LogP contribution in [0.15, 0.2) is 30.9 Å². The standard InChI is InChI=1S/C15H20F2N2O/c1-4-7-12(5-2)19(3)15(20)18-10-11-8-6-9-13(16)14(11)17/h4,6,8-9,12H,1,5,7,10H2,2-3H3,(H,18,20). The first-order chi connectivity index (χ1) is 9.51. The van der Waals surface area contributed by atoms with Crippen LogP contribution in [0, 0.1) is 11.6 Å². The highest BCUT2D eigenvalue weighted by Crippen LogP contribution is 2.12. The van der Waals surface area contributed by atoms with Crippen molar-refractivity contribution in [2.45, 2.75) is 32.4 Å². The molecule has 1 aromatic carbocycles. The average molecular weight is 282 g/mol. The summed E-state index contributed by atoms with van der Waals surface area (Å²) in [5, 5.41) is 2.59. The van der Waals surface area contributed by atoms with Crippen LogP contribution in [0.25, 0.3) is 0 Å². The van der Waals surface area contributed by atoms with Gasteiger partial charge in [0.25, 0.3) is 0 Å². The SMILES string of the molecule is C=CCC(CC)N(C)C(=O)NCc1cccc(F)c1F. The summed E-state index contributed by atoms with van der Waals surface area (Å²) < 4.78 is 26.5. The highest BCUT2D eigenvalue weighted by molar-refractivity contribution is 5.74. The zero-order valence-electron chi connectivity index (χ0n) is 11.8. The normalized spacial score (nSPS) is 11.8. The molecule has 2 amide bonds. The Hall–Kier alpha value is -1.91. The first-order valence-electron chi connectivity index (χ1n) is 6.55. The van der Waals surface area contributed by atoms with Gasteiger partial charge in [-0.05, 0) is 18.9 Å². The summed E-state index contributed by atoms with van der Waals surface area (Å²) in [6.45, 7) is 5.59. The maximum Gasteiger partial charge on any atom is 0.317 e. The second kappa shape index (κ2) is 7.62. The quantitative estimate of drug-likeness (QED) is 0.796. The Kier molecular flexibility index (Phi) is 6.15. The smallest absolute Gasteiger partial charge is 0.317 e. The molecular weight excluding hydrogens is 262 g/mol. The van der Waals surface area contributed by atoms with E-state index in [1.54, 1.807) is 18.0 Å². The van der Waals surface area contributed by atoms with Crippen molar-refractivity contribution in [1.82, 2.24) is 10.2 Å². The van der Waals surface area contributed by atoms with Crippen molar-refractivity contribution < 1.29 is 13.6 Å². The van der Waals surface area contributed by atoms with Crippen molar-refractivity contribution in [3.63, 3.8) is 0 Å². The van der Waals surface area contributed by atoms with E-state index in [-0.39, 0.29) is 24.2 Å². The number of nitrogens with one attached hydrogen (secondary N) is 1. The maximum absolute atomic E-state index is 13.4. The summed E-state index contributed by atoms with van der Waals surface area (Å²) in [6, 6.07) is 3.63. The Labute approximate surface area is 118 Å². The lowest BCUT2D eigenvalue weighted by molar-refractivity contribution is 0.188. The minimum atomic E-state index is -0.923. The van der Waals surface area contributed by atoms with E-state index >= 15 is 0 Å². The van der Waals surface area contributed by atoms with E-state index in [1.807, 2.05) is 6.92 Å². The number of hydrogen-bond acceptors (Lipinski definition) is 1. The van der Waals surface area contributed by atoms with Gasteiger partial charge in [-0.2, -0.15) is 0 Å². The molecule has 0 aliphatic heterocycles. The lowest BCUT2D eigenvalue weighted by Gasteiger charge is -2.26. The molecule has 5 heteroatoms. The summed E-state index contributed by atoms with van der Waals surface area (Å²) in [5.74, 6) is -1.84. The number of carbonyl (C=O) groups excluding carboxylic acids is 1. The Bertz CT molecular complexity index is 477. The molecule has 0 aromatic heterocycles. The highest BCUT2D eigenvalue weighted by Gasteiger charge is 2.17. The average Bonchev–Trinajstić information content (AvgIpc) is 2.45. The molecule has 0 spiro atoms. The van der Waals surface area contributed by atoms with Crippen LogP contribution < -0.4 is 5.32 Å². The Balaban J connectivity index is 2.62. The van der Waals surface area contributed by atoms with E-state index in [0.29, 0.717) is 6.42 Å². The molecule has 20 heavy (non-hydrogen) atoms. The third-order valence-corrected chi connectivity index (χ3v) is 3.24. The van der Waals surface area contributed by atoms with Gasteiger partial charge in [-0.1, -0.05) is 25.1 Å². The van der Waals surface area contributed by atoms with Crippen LogP contribution >= 0.6 is 0 Å². The molecule has 1 N–H and O–H groups in total. The summed E-state index contributed by atoms with van der Waals surface area (Å²) in [5.41, 5.74) is 0.128. The number of halogens is 2. The summed E-state index contributed by atoms with van der Waals surface area (Å²) in [4.78, 5) is 13.5. The van der Waals surface area contributed by atoms with Crippen LogP contribution in [-0.4, -0.2) is 24.0 Å². The van der Waals surface area contributed by atoms with E-state index in [9.17, 15) is 13.6 Å². The Morgan fingerprint density at radius 2 is 2.20 bits per heavy atom. The zero-order valence-corrected chi connectivity index (χ0v) is 11.8. The monoisotopic (exact) mass is 282 g/mol. The molecule has 0 saturated heterocycles. The molecule has 3 nitrogen and oxygen atoms in total. The predicted molar refractivity (Wildman–Crippen MR) is 75.2 cm³/mol. The van der Waals surface area contributed by atoms with Gasteiger partial charge in [0.15, 0.2) is 11.6 Å². The topological polar surface area (TPSA) is 32.3 Å².